The van der Waals surface area contributed by atoms with Gasteiger partial charge in [0.1, 0.15) is 17.1 Å². The largest absolute Gasteiger partial charge is 0.506 e. The van der Waals surface area contributed by atoms with Gasteiger partial charge in [0.25, 0.3) is 0 Å². The van der Waals surface area contributed by atoms with Gasteiger partial charge < -0.3 is 46.1 Å². The average molecular weight is 833 g/mol. The maximum Gasteiger partial charge on any atom is 0.337 e. The van der Waals surface area contributed by atoms with Gasteiger partial charge in [0.05, 0.1) is 4.70 Å². The molecule has 0 aliphatic heterocycles. The molecular formula is C44H53FN4O9S. The summed E-state index contributed by atoms with van der Waals surface area (Å²) in [6.45, 7) is 3.43. The maximum absolute atomic E-state index is 13.3. The van der Waals surface area contributed by atoms with Crippen LogP contribution in [0.2, 0.25) is 0 Å². The second-order valence-electron chi connectivity index (χ2n) is 14.0. The Kier molecular flexibility index (Phi) is 19.2. The maximum atomic E-state index is 13.3. The number of aromatic amines is 1. The summed E-state index contributed by atoms with van der Waals surface area (Å²) in [5.74, 6) is -2.39. The Balaban J connectivity index is 0.000000282. The number of carbonyl (C=O) groups excluding carboxylic acids is 1. The number of phenols is 1. The van der Waals surface area contributed by atoms with Crippen molar-refractivity contribution in [1.29, 1.82) is 0 Å². The minimum atomic E-state index is -1.41. The number of aromatic nitrogens is 1. The molecule has 0 saturated heterocycles. The van der Waals surface area contributed by atoms with Crippen molar-refractivity contribution in [2.45, 2.75) is 69.6 Å². The van der Waals surface area contributed by atoms with Crippen molar-refractivity contribution in [1.82, 2.24) is 20.5 Å². The quantitative estimate of drug-likeness (QED) is 0.0544. The molecule has 1 aliphatic rings. The molecule has 316 valence electrons. The van der Waals surface area contributed by atoms with Crippen LogP contribution in [0, 0.1) is 5.82 Å². The van der Waals surface area contributed by atoms with Crippen LogP contribution in [-0.4, -0.2) is 92.0 Å². The average Bonchev–Trinajstić information content (AvgIpc) is 3.66. The summed E-state index contributed by atoms with van der Waals surface area (Å²) < 4.78 is 14.1. The molecule has 1 saturated carbocycles. The van der Waals surface area contributed by atoms with E-state index in [-0.39, 0.29) is 22.3 Å². The summed E-state index contributed by atoms with van der Waals surface area (Å²) in [5.41, 5.74) is 3.28. The number of amides is 1. The zero-order valence-electron chi connectivity index (χ0n) is 32.8. The summed E-state index contributed by atoms with van der Waals surface area (Å²) in [7, 11) is 0. The molecule has 6 rings (SSSR count). The number of aromatic hydroxyl groups is 1. The van der Waals surface area contributed by atoms with Gasteiger partial charge in [-0.2, -0.15) is 0 Å². The lowest BCUT2D eigenvalue weighted by Gasteiger charge is -2.34. The number of carbonyl (C=O) groups is 3. The predicted molar refractivity (Wildman–Crippen MR) is 225 cm³/mol. The second kappa shape index (κ2) is 24.5. The SMILES string of the molecule is O=C(CCNCCc1cccc(F)c1)N(CCNCCc1ccc(O)c2[nH]c(=O)sc12)C1CCCCC1.O=C(O)[C@H](O)c1ccccc1.O=C(O)[C@H](O)c1ccccc1. The van der Waals surface area contributed by atoms with Crippen LogP contribution in [0.5, 0.6) is 5.75 Å². The van der Waals surface area contributed by atoms with Gasteiger partial charge in [-0.1, -0.05) is 109 Å². The number of nitrogens with one attached hydrogen (secondary N) is 3. The van der Waals surface area contributed by atoms with Crippen LogP contribution < -0.4 is 15.5 Å². The topological polar surface area (TPSA) is 213 Å². The number of H-pyrrole nitrogens is 1. The standard InChI is InChI=1S/C28H37FN4O3S.2C8H8O3/c29-22-6-4-5-20(19-22)11-14-30-16-13-25(35)33(23-7-2-1-3-8-23)18-17-31-15-12-21-9-10-24(34)26-27(21)37-28(36)32-26;2*9-7(8(10)11)6-4-2-1-3-5-6/h4-6,9-10,19,23,30-31,34H,1-3,7-8,11-18H2,(H,32,36);2*1-5,7,9H,(H,10,11)/t;2*7-/m.11/s1. The van der Waals surface area contributed by atoms with Crippen molar-refractivity contribution in [2.24, 2.45) is 0 Å². The van der Waals surface area contributed by atoms with E-state index in [1.54, 1.807) is 78.9 Å². The molecule has 0 bridgehead atoms. The Morgan fingerprint density at radius 2 is 1.36 bits per heavy atom. The van der Waals surface area contributed by atoms with Crippen molar-refractivity contribution in [2.75, 3.05) is 32.7 Å². The number of halogens is 1. The first kappa shape index (κ1) is 46.2. The summed E-state index contributed by atoms with van der Waals surface area (Å²) in [5, 5.41) is 51.5. The van der Waals surface area contributed by atoms with Gasteiger partial charge in [0, 0.05) is 32.1 Å². The highest BCUT2D eigenvalue weighted by Crippen LogP contribution is 2.28. The van der Waals surface area contributed by atoms with Crippen molar-refractivity contribution in [3.63, 3.8) is 0 Å². The first-order valence-electron chi connectivity index (χ1n) is 19.6. The monoisotopic (exact) mass is 832 g/mol. The summed E-state index contributed by atoms with van der Waals surface area (Å²) >= 11 is 1.12. The number of benzene rings is 4. The molecule has 13 nitrogen and oxygen atoms in total. The van der Waals surface area contributed by atoms with Crippen LogP contribution in [0.15, 0.2) is 102 Å². The zero-order chi connectivity index (χ0) is 42.6. The van der Waals surface area contributed by atoms with Gasteiger partial charge in [0.2, 0.25) is 5.91 Å². The lowest BCUT2D eigenvalue weighted by Crippen LogP contribution is -2.45. The van der Waals surface area contributed by atoms with E-state index in [0.29, 0.717) is 55.3 Å². The molecule has 2 atom stereocenters. The van der Waals surface area contributed by atoms with E-state index in [9.17, 15) is 28.7 Å². The van der Waals surface area contributed by atoms with Crippen LogP contribution in [0.1, 0.15) is 73.0 Å². The van der Waals surface area contributed by atoms with Crippen LogP contribution in [0.4, 0.5) is 4.39 Å². The lowest BCUT2D eigenvalue weighted by atomic mass is 9.94. The third-order valence-corrected chi connectivity index (χ3v) is 10.7. The van der Waals surface area contributed by atoms with E-state index in [2.05, 4.69) is 20.5 Å². The molecule has 1 aromatic heterocycles. The number of hydrogen-bond acceptors (Lipinski definition) is 10. The molecule has 1 aliphatic carbocycles. The number of carboxylic acid groups (broad SMARTS) is 2. The Bertz CT molecular complexity index is 2050. The minimum absolute atomic E-state index is 0.0927. The lowest BCUT2D eigenvalue weighted by molar-refractivity contribution is -0.147. The van der Waals surface area contributed by atoms with E-state index >= 15 is 0 Å². The molecular weight excluding hydrogens is 780 g/mol. The summed E-state index contributed by atoms with van der Waals surface area (Å²) in [4.78, 5) is 50.0. The van der Waals surface area contributed by atoms with E-state index in [1.807, 2.05) is 12.1 Å². The van der Waals surface area contributed by atoms with Gasteiger partial charge >= 0.3 is 16.8 Å². The number of carboxylic acids is 2. The number of phenolic OH excluding ortho intramolecular Hbond substituents is 1. The Labute approximate surface area is 346 Å². The molecule has 1 fully saturated rings. The highest BCUT2D eigenvalue weighted by atomic mass is 32.1. The Morgan fingerprint density at radius 3 is 1.95 bits per heavy atom. The summed E-state index contributed by atoms with van der Waals surface area (Å²) in [6, 6.07) is 27.0. The second-order valence-corrected chi connectivity index (χ2v) is 15.0. The van der Waals surface area contributed by atoms with Crippen molar-refractivity contribution in [3.05, 3.63) is 135 Å². The number of hydrogen-bond donors (Lipinski definition) is 8. The van der Waals surface area contributed by atoms with Crippen molar-refractivity contribution >= 4 is 39.4 Å². The molecule has 15 heteroatoms. The van der Waals surface area contributed by atoms with Gasteiger partial charge in [-0.05, 0) is 79.2 Å². The molecule has 1 heterocycles. The third kappa shape index (κ3) is 15.3. The number of rotatable bonds is 17. The molecule has 0 spiro atoms. The fourth-order valence-corrected chi connectivity index (χ4v) is 7.56. The van der Waals surface area contributed by atoms with Crippen LogP contribution in [0.25, 0.3) is 10.2 Å². The van der Waals surface area contributed by atoms with Gasteiger partial charge in [-0.3, -0.25) is 9.59 Å². The molecule has 1 amide bonds. The third-order valence-electron chi connectivity index (χ3n) is 9.77. The first-order chi connectivity index (χ1) is 28.4. The van der Waals surface area contributed by atoms with E-state index < -0.39 is 24.1 Å². The molecule has 8 N–H and O–H groups in total. The highest BCUT2D eigenvalue weighted by molar-refractivity contribution is 7.16. The number of thiazole rings is 1. The van der Waals surface area contributed by atoms with Gasteiger partial charge in [-0.15, -0.1) is 0 Å². The highest BCUT2D eigenvalue weighted by Gasteiger charge is 2.25. The molecule has 0 radical (unpaired) electrons. The number of aliphatic hydroxyl groups is 2. The number of aliphatic carboxylic acids is 2. The molecule has 0 unspecified atom stereocenters. The Hall–Kier alpha value is -5.45. The fourth-order valence-electron chi connectivity index (χ4n) is 6.67. The normalized spacial score (nSPS) is 13.6. The summed E-state index contributed by atoms with van der Waals surface area (Å²) in [6.07, 6.45) is 4.82. The molecule has 59 heavy (non-hydrogen) atoms. The van der Waals surface area contributed by atoms with Crippen molar-refractivity contribution in [3.8, 4) is 5.75 Å². The first-order valence-corrected chi connectivity index (χ1v) is 20.5. The van der Waals surface area contributed by atoms with Gasteiger partial charge in [0.15, 0.2) is 12.2 Å². The molecule has 4 aromatic carbocycles. The fraction of sp³-hybridized carbons (Fsp3) is 0.364. The van der Waals surface area contributed by atoms with E-state index in [0.717, 1.165) is 59.4 Å². The van der Waals surface area contributed by atoms with Crippen molar-refractivity contribution < 1.29 is 44.3 Å². The van der Waals surface area contributed by atoms with Crippen LogP contribution in [0.3, 0.4) is 0 Å². The minimum Gasteiger partial charge on any atom is -0.506 e. The van der Waals surface area contributed by atoms with Gasteiger partial charge in [-0.25, -0.2) is 14.0 Å². The number of fused-ring (bicyclic) bond motifs is 1. The zero-order valence-corrected chi connectivity index (χ0v) is 33.6. The molecule has 5 aromatic rings. The van der Waals surface area contributed by atoms with E-state index in [4.69, 9.17) is 20.4 Å². The van der Waals surface area contributed by atoms with Crippen LogP contribution in [-0.2, 0) is 27.2 Å². The number of nitrogens with zero attached hydrogens (tertiary/aromatic N) is 1. The predicted octanol–water partition coefficient (Wildman–Crippen LogP) is 5.56. The Morgan fingerprint density at radius 1 is 0.763 bits per heavy atom. The van der Waals surface area contributed by atoms with Crippen LogP contribution >= 0.6 is 11.3 Å². The smallest absolute Gasteiger partial charge is 0.337 e. The van der Waals surface area contributed by atoms with E-state index in [1.165, 1.54) is 25.3 Å². The number of aliphatic hydroxyl groups excluding tert-OH is 2.